The van der Waals surface area contributed by atoms with Crippen LogP contribution in [-0.2, 0) is 0 Å². The summed E-state index contributed by atoms with van der Waals surface area (Å²) in [5, 5.41) is 0. The van der Waals surface area contributed by atoms with Crippen LogP contribution in [0.25, 0.3) is 0 Å². The summed E-state index contributed by atoms with van der Waals surface area (Å²) < 4.78 is 0. The van der Waals surface area contributed by atoms with E-state index >= 15 is 0 Å². The van der Waals surface area contributed by atoms with Gasteiger partial charge in [-0.05, 0) is 18.4 Å². The van der Waals surface area contributed by atoms with Gasteiger partial charge in [-0.2, -0.15) is 0 Å². The predicted molar refractivity (Wildman–Crippen MR) is 52.5 cm³/mol. The van der Waals surface area contributed by atoms with Gasteiger partial charge in [0.05, 0.1) is 0 Å². The molecule has 1 rings (SSSR count). The lowest BCUT2D eigenvalue weighted by atomic mass is 9.95. The molecule has 0 aromatic rings. The van der Waals surface area contributed by atoms with E-state index in [1.165, 1.54) is 5.57 Å². The molecule has 1 aliphatic carbocycles. The molecule has 0 amide bonds. The molecule has 0 aromatic carbocycles. The van der Waals surface area contributed by atoms with Crippen molar-refractivity contribution in [1.82, 2.24) is 0 Å². The molecule has 1 atom stereocenters. The van der Waals surface area contributed by atoms with E-state index in [-0.39, 0.29) is 0 Å². The minimum atomic E-state index is 0.607. The molecule has 0 N–H and O–H groups in total. The van der Waals surface area contributed by atoms with Crippen molar-refractivity contribution in [3.05, 3.63) is 49.1 Å². The molecule has 0 fully saturated rings. The van der Waals surface area contributed by atoms with Gasteiger partial charge >= 0.3 is 0 Å². The van der Waals surface area contributed by atoms with E-state index in [4.69, 9.17) is 0 Å². The van der Waals surface area contributed by atoms with Crippen molar-refractivity contribution in [2.24, 2.45) is 5.92 Å². The molecule has 0 spiro atoms. The molecule has 1 aliphatic rings. The first-order chi connectivity index (χ1) is 5.20. The SMILES string of the molecule is C=C.C=C1C=CC(C)C(C)=C1. The minimum absolute atomic E-state index is 0.607. The van der Waals surface area contributed by atoms with E-state index < -0.39 is 0 Å². The second-order valence-electron chi connectivity index (χ2n) is 2.61. The summed E-state index contributed by atoms with van der Waals surface area (Å²) in [6.45, 7) is 14.2. The highest BCUT2D eigenvalue weighted by Crippen LogP contribution is 2.18. The molecule has 0 aliphatic heterocycles. The molecule has 1 unspecified atom stereocenters. The lowest BCUT2D eigenvalue weighted by Gasteiger charge is -2.11. The van der Waals surface area contributed by atoms with Crippen LogP contribution < -0.4 is 0 Å². The summed E-state index contributed by atoms with van der Waals surface area (Å²) in [6.07, 6.45) is 6.38. The van der Waals surface area contributed by atoms with Gasteiger partial charge in [0.15, 0.2) is 0 Å². The second kappa shape index (κ2) is 4.73. The van der Waals surface area contributed by atoms with Crippen LogP contribution in [-0.4, -0.2) is 0 Å². The number of allylic oxidation sites excluding steroid dienone is 5. The predicted octanol–water partition coefficient (Wildman–Crippen LogP) is 3.50. The lowest BCUT2D eigenvalue weighted by Crippen LogP contribution is -1.95. The highest BCUT2D eigenvalue weighted by atomic mass is 14.1. The Balaban J connectivity index is 0.000000461. The van der Waals surface area contributed by atoms with Gasteiger partial charge in [-0.25, -0.2) is 0 Å². The largest absolute Gasteiger partial charge is 0.106 e. The summed E-state index contributed by atoms with van der Waals surface area (Å²) in [5.74, 6) is 0.607. The van der Waals surface area contributed by atoms with Crippen molar-refractivity contribution in [2.75, 3.05) is 0 Å². The monoisotopic (exact) mass is 148 g/mol. The smallest absolute Gasteiger partial charge is 0.00478 e. The summed E-state index contributed by atoms with van der Waals surface area (Å²) in [7, 11) is 0. The molecule has 0 bridgehead atoms. The molecule has 0 saturated heterocycles. The fourth-order valence-electron chi connectivity index (χ4n) is 0.892. The molecule has 0 nitrogen and oxygen atoms in total. The van der Waals surface area contributed by atoms with Gasteiger partial charge in [0.25, 0.3) is 0 Å². The molecular weight excluding hydrogens is 132 g/mol. The lowest BCUT2D eigenvalue weighted by molar-refractivity contribution is 0.852. The third-order valence-electron chi connectivity index (χ3n) is 1.73. The molecule has 60 valence electrons. The Labute approximate surface area is 69.6 Å². The van der Waals surface area contributed by atoms with Crippen molar-refractivity contribution in [1.29, 1.82) is 0 Å². The highest BCUT2D eigenvalue weighted by molar-refractivity contribution is 5.36. The van der Waals surface area contributed by atoms with Crippen molar-refractivity contribution in [3.63, 3.8) is 0 Å². The number of rotatable bonds is 0. The van der Waals surface area contributed by atoms with E-state index in [0.717, 1.165) is 5.57 Å². The second-order valence-corrected chi connectivity index (χ2v) is 2.61. The minimum Gasteiger partial charge on any atom is -0.106 e. The van der Waals surface area contributed by atoms with Gasteiger partial charge in [0.2, 0.25) is 0 Å². The zero-order chi connectivity index (χ0) is 8.85. The Morgan fingerprint density at radius 1 is 1.36 bits per heavy atom. The van der Waals surface area contributed by atoms with Gasteiger partial charge < -0.3 is 0 Å². The van der Waals surface area contributed by atoms with Crippen LogP contribution in [0.2, 0.25) is 0 Å². The first kappa shape index (κ1) is 9.96. The third-order valence-corrected chi connectivity index (χ3v) is 1.73. The Kier molecular flexibility index (Phi) is 4.28. The van der Waals surface area contributed by atoms with Gasteiger partial charge in [-0.15, -0.1) is 13.2 Å². The fraction of sp³-hybridized carbons (Fsp3) is 0.273. The molecule has 0 aromatic heterocycles. The average Bonchev–Trinajstić information content (AvgIpc) is 2.02. The van der Waals surface area contributed by atoms with Crippen molar-refractivity contribution < 1.29 is 0 Å². The number of hydrogen-bond acceptors (Lipinski definition) is 0. The van der Waals surface area contributed by atoms with Crippen LogP contribution in [0.3, 0.4) is 0 Å². The van der Waals surface area contributed by atoms with Gasteiger partial charge in [0.1, 0.15) is 0 Å². The normalized spacial score (nSPS) is 21.8. The fourth-order valence-corrected chi connectivity index (χ4v) is 0.892. The first-order valence-corrected chi connectivity index (χ1v) is 3.75. The van der Waals surface area contributed by atoms with Gasteiger partial charge in [0, 0.05) is 0 Å². The van der Waals surface area contributed by atoms with E-state index in [1.807, 2.05) is 0 Å². The molecule has 11 heavy (non-hydrogen) atoms. The summed E-state index contributed by atoms with van der Waals surface area (Å²) >= 11 is 0. The van der Waals surface area contributed by atoms with Gasteiger partial charge in [-0.3, -0.25) is 0 Å². The topological polar surface area (TPSA) is 0 Å². The first-order valence-electron chi connectivity index (χ1n) is 3.75. The standard InChI is InChI=1S/C9H12.C2H4/c1-7-4-5-8(2)9(3)6-7;1-2/h4-6,8H,1H2,2-3H3;1-2H2. The van der Waals surface area contributed by atoms with E-state index in [1.54, 1.807) is 0 Å². The molecule has 0 saturated carbocycles. The van der Waals surface area contributed by atoms with Crippen molar-refractivity contribution >= 4 is 0 Å². The van der Waals surface area contributed by atoms with Crippen LogP contribution in [0, 0.1) is 5.92 Å². The maximum absolute atomic E-state index is 3.84. The Hall–Kier alpha value is -1.04. The Morgan fingerprint density at radius 3 is 2.27 bits per heavy atom. The molecule has 0 heteroatoms. The maximum Gasteiger partial charge on any atom is -0.00478 e. The average molecular weight is 148 g/mol. The molecule has 0 heterocycles. The number of hydrogen-bond donors (Lipinski definition) is 0. The summed E-state index contributed by atoms with van der Waals surface area (Å²) in [4.78, 5) is 0. The van der Waals surface area contributed by atoms with Crippen LogP contribution >= 0.6 is 0 Å². The Bertz CT molecular complexity index is 194. The maximum atomic E-state index is 3.84. The highest BCUT2D eigenvalue weighted by Gasteiger charge is 2.02. The molecule has 0 radical (unpaired) electrons. The van der Waals surface area contributed by atoms with Gasteiger partial charge in [-0.1, -0.05) is 37.3 Å². The van der Waals surface area contributed by atoms with Crippen molar-refractivity contribution in [3.8, 4) is 0 Å². The van der Waals surface area contributed by atoms with E-state index in [9.17, 15) is 0 Å². The van der Waals surface area contributed by atoms with E-state index in [0.29, 0.717) is 5.92 Å². The van der Waals surface area contributed by atoms with Crippen molar-refractivity contribution in [2.45, 2.75) is 13.8 Å². The van der Waals surface area contributed by atoms with Crippen LogP contribution in [0.5, 0.6) is 0 Å². The zero-order valence-electron chi connectivity index (χ0n) is 7.43. The quantitative estimate of drug-likeness (QED) is 0.461. The van der Waals surface area contributed by atoms with Crippen LogP contribution in [0.4, 0.5) is 0 Å². The van der Waals surface area contributed by atoms with E-state index in [2.05, 4.69) is 51.8 Å². The summed E-state index contributed by atoms with van der Waals surface area (Å²) in [5.41, 5.74) is 2.52. The molecular formula is C11H16. The zero-order valence-corrected chi connectivity index (χ0v) is 7.43. The van der Waals surface area contributed by atoms with Crippen LogP contribution in [0.1, 0.15) is 13.8 Å². The third kappa shape index (κ3) is 3.03. The van der Waals surface area contributed by atoms with Crippen LogP contribution in [0.15, 0.2) is 49.1 Å². The Morgan fingerprint density at radius 2 is 1.91 bits per heavy atom. The summed E-state index contributed by atoms with van der Waals surface area (Å²) in [6, 6.07) is 0.